The third kappa shape index (κ3) is 6.87. The quantitative estimate of drug-likeness (QED) is 0.269. The molecule has 1 aliphatic rings. The Hall–Kier alpha value is -4.41. The second-order valence-corrected chi connectivity index (χ2v) is 9.01. The molecule has 3 atom stereocenters. The molecule has 0 unspecified atom stereocenters. The standard InChI is InChI=1S/C31H28O7/c1-20-4-11-24(12-5-20)30(33)36-19-28-27(38-31(34)25-13-6-21(2)7-14-25)18-26(37-28)17-10-22-8-15-23(16-9-22)29(32)35-3/h4-9,11-16,26-28H,18-19H2,1-3H3/t26-,27+,28-/m1/s1. The van der Waals surface area contributed by atoms with E-state index in [2.05, 4.69) is 11.8 Å². The van der Waals surface area contributed by atoms with Crippen LogP contribution in [0.5, 0.6) is 0 Å². The van der Waals surface area contributed by atoms with Crippen molar-refractivity contribution in [1.82, 2.24) is 0 Å². The van der Waals surface area contributed by atoms with Crippen LogP contribution in [0, 0.1) is 25.7 Å². The smallest absolute Gasteiger partial charge is 0.338 e. The van der Waals surface area contributed by atoms with E-state index in [0.29, 0.717) is 28.7 Å². The van der Waals surface area contributed by atoms with Crippen molar-refractivity contribution in [3.63, 3.8) is 0 Å². The maximum absolute atomic E-state index is 12.8. The summed E-state index contributed by atoms with van der Waals surface area (Å²) in [6.45, 7) is 3.78. The van der Waals surface area contributed by atoms with Crippen molar-refractivity contribution >= 4 is 17.9 Å². The van der Waals surface area contributed by atoms with Crippen molar-refractivity contribution in [3.8, 4) is 11.8 Å². The van der Waals surface area contributed by atoms with E-state index in [1.165, 1.54) is 7.11 Å². The van der Waals surface area contributed by atoms with E-state index < -0.39 is 36.2 Å². The minimum atomic E-state index is -0.681. The topological polar surface area (TPSA) is 88.1 Å². The van der Waals surface area contributed by atoms with Crippen LogP contribution in [0.3, 0.4) is 0 Å². The van der Waals surface area contributed by atoms with Gasteiger partial charge in [-0.2, -0.15) is 0 Å². The molecule has 0 bridgehead atoms. The second-order valence-electron chi connectivity index (χ2n) is 9.01. The van der Waals surface area contributed by atoms with E-state index >= 15 is 0 Å². The number of ether oxygens (including phenoxy) is 4. The fourth-order valence-electron chi connectivity index (χ4n) is 3.88. The van der Waals surface area contributed by atoms with E-state index in [9.17, 15) is 14.4 Å². The largest absolute Gasteiger partial charge is 0.465 e. The first-order valence-corrected chi connectivity index (χ1v) is 12.2. The van der Waals surface area contributed by atoms with Gasteiger partial charge in [0.05, 0.1) is 23.8 Å². The molecular formula is C31H28O7. The van der Waals surface area contributed by atoms with Gasteiger partial charge in [-0.05, 0) is 62.4 Å². The van der Waals surface area contributed by atoms with Gasteiger partial charge in [-0.3, -0.25) is 0 Å². The van der Waals surface area contributed by atoms with Gasteiger partial charge in [0, 0.05) is 12.0 Å². The molecule has 0 aliphatic carbocycles. The van der Waals surface area contributed by atoms with Crippen molar-refractivity contribution in [2.24, 2.45) is 0 Å². The van der Waals surface area contributed by atoms with Crippen LogP contribution in [0.1, 0.15) is 54.2 Å². The van der Waals surface area contributed by atoms with Gasteiger partial charge in [-0.1, -0.05) is 47.2 Å². The molecule has 1 aliphatic heterocycles. The van der Waals surface area contributed by atoms with Crippen LogP contribution in [-0.4, -0.2) is 49.9 Å². The Morgan fingerprint density at radius 2 is 1.32 bits per heavy atom. The zero-order valence-corrected chi connectivity index (χ0v) is 21.4. The molecule has 1 fully saturated rings. The fourth-order valence-corrected chi connectivity index (χ4v) is 3.88. The van der Waals surface area contributed by atoms with E-state index in [1.54, 1.807) is 48.5 Å². The van der Waals surface area contributed by atoms with Gasteiger partial charge in [0.25, 0.3) is 0 Å². The molecule has 38 heavy (non-hydrogen) atoms. The van der Waals surface area contributed by atoms with Crippen LogP contribution < -0.4 is 0 Å². The first-order chi connectivity index (χ1) is 18.3. The molecule has 4 rings (SSSR count). The first-order valence-electron chi connectivity index (χ1n) is 12.2. The van der Waals surface area contributed by atoms with Crippen molar-refractivity contribution in [1.29, 1.82) is 0 Å². The number of aryl methyl sites for hydroxylation is 2. The van der Waals surface area contributed by atoms with Gasteiger partial charge in [0.1, 0.15) is 24.9 Å². The van der Waals surface area contributed by atoms with Crippen LogP contribution in [0.25, 0.3) is 0 Å². The van der Waals surface area contributed by atoms with E-state index in [0.717, 1.165) is 11.1 Å². The van der Waals surface area contributed by atoms with Crippen LogP contribution >= 0.6 is 0 Å². The zero-order chi connectivity index (χ0) is 27.1. The number of benzene rings is 3. The fraction of sp³-hybridized carbons (Fsp3) is 0.258. The van der Waals surface area contributed by atoms with Gasteiger partial charge in [0.2, 0.25) is 0 Å². The molecule has 0 radical (unpaired) electrons. The van der Waals surface area contributed by atoms with Crippen LogP contribution in [0.15, 0.2) is 72.8 Å². The molecule has 1 saturated heterocycles. The Morgan fingerprint density at radius 1 is 0.789 bits per heavy atom. The molecule has 1 heterocycles. The van der Waals surface area contributed by atoms with Gasteiger partial charge < -0.3 is 18.9 Å². The number of hydrogen-bond donors (Lipinski definition) is 0. The number of carbonyl (C=O) groups excluding carboxylic acids is 3. The molecule has 0 amide bonds. The minimum Gasteiger partial charge on any atom is -0.465 e. The molecule has 7 nitrogen and oxygen atoms in total. The third-order valence-electron chi connectivity index (χ3n) is 6.10. The number of hydrogen-bond acceptors (Lipinski definition) is 7. The highest BCUT2D eigenvalue weighted by atomic mass is 16.6. The van der Waals surface area contributed by atoms with Gasteiger partial charge in [-0.15, -0.1) is 0 Å². The highest BCUT2D eigenvalue weighted by Crippen LogP contribution is 2.25. The summed E-state index contributed by atoms with van der Waals surface area (Å²) < 4.78 is 22.0. The van der Waals surface area contributed by atoms with Crippen molar-refractivity contribution < 1.29 is 33.3 Å². The lowest BCUT2D eigenvalue weighted by Crippen LogP contribution is -2.32. The highest BCUT2D eigenvalue weighted by molar-refractivity contribution is 5.90. The average molecular weight is 513 g/mol. The predicted octanol–water partition coefficient (Wildman–Crippen LogP) is 4.68. The first kappa shape index (κ1) is 26.6. The predicted molar refractivity (Wildman–Crippen MR) is 140 cm³/mol. The van der Waals surface area contributed by atoms with E-state index in [-0.39, 0.29) is 6.61 Å². The Balaban J connectivity index is 1.45. The lowest BCUT2D eigenvalue weighted by atomic mass is 10.1. The van der Waals surface area contributed by atoms with Crippen LogP contribution in [0.4, 0.5) is 0 Å². The molecule has 3 aromatic carbocycles. The Labute approximate surface area is 221 Å². The molecular weight excluding hydrogens is 484 g/mol. The minimum absolute atomic E-state index is 0.0927. The molecule has 0 aromatic heterocycles. The summed E-state index contributed by atoms with van der Waals surface area (Å²) in [7, 11) is 1.32. The summed E-state index contributed by atoms with van der Waals surface area (Å²) >= 11 is 0. The summed E-state index contributed by atoms with van der Waals surface area (Å²) in [6, 6.07) is 20.8. The van der Waals surface area contributed by atoms with E-state index in [1.807, 2.05) is 38.1 Å². The Morgan fingerprint density at radius 3 is 1.89 bits per heavy atom. The summed E-state index contributed by atoms with van der Waals surface area (Å²) in [5, 5.41) is 0. The monoisotopic (exact) mass is 512 g/mol. The second kappa shape index (κ2) is 12.2. The maximum Gasteiger partial charge on any atom is 0.338 e. The zero-order valence-electron chi connectivity index (χ0n) is 21.4. The summed E-state index contributed by atoms with van der Waals surface area (Å²) in [5.74, 6) is 4.67. The Bertz CT molecular complexity index is 1350. The SMILES string of the molecule is COC(=O)c1ccc(C#C[C@@H]2C[C@H](OC(=O)c3ccc(C)cc3)[C@@H](COC(=O)c3ccc(C)cc3)O2)cc1. The third-order valence-corrected chi connectivity index (χ3v) is 6.10. The van der Waals surface area contributed by atoms with Crippen LogP contribution in [-0.2, 0) is 18.9 Å². The van der Waals surface area contributed by atoms with Crippen molar-refractivity contribution in [2.75, 3.05) is 13.7 Å². The lowest BCUT2D eigenvalue weighted by molar-refractivity contribution is -0.0348. The lowest BCUT2D eigenvalue weighted by Gasteiger charge is -2.19. The summed E-state index contributed by atoms with van der Waals surface area (Å²) in [6.07, 6.45) is -1.57. The van der Waals surface area contributed by atoms with Gasteiger partial charge in [0.15, 0.2) is 0 Å². The van der Waals surface area contributed by atoms with Crippen molar-refractivity contribution in [2.45, 2.75) is 38.6 Å². The maximum atomic E-state index is 12.8. The number of rotatable bonds is 6. The molecule has 0 spiro atoms. The summed E-state index contributed by atoms with van der Waals surface area (Å²) in [5.41, 5.74) is 4.02. The number of carbonyl (C=O) groups is 3. The molecule has 7 heteroatoms. The van der Waals surface area contributed by atoms with Gasteiger partial charge >= 0.3 is 17.9 Å². The van der Waals surface area contributed by atoms with Gasteiger partial charge in [-0.25, -0.2) is 14.4 Å². The molecule has 0 N–H and O–H groups in total. The van der Waals surface area contributed by atoms with Crippen LogP contribution in [0.2, 0.25) is 0 Å². The molecule has 194 valence electrons. The number of esters is 3. The Kier molecular flexibility index (Phi) is 8.57. The average Bonchev–Trinajstić information content (AvgIpc) is 3.32. The highest BCUT2D eigenvalue weighted by Gasteiger charge is 2.38. The molecule has 3 aromatic rings. The molecule has 0 saturated carbocycles. The van der Waals surface area contributed by atoms with E-state index in [4.69, 9.17) is 18.9 Å². The normalized spacial score (nSPS) is 18.1. The van der Waals surface area contributed by atoms with Crippen molar-refractivity contribution in [3.05, 3.63) is 106 Å². The number of methoxy groups -OCH3 is 1. The summed E-state index contributed by atoms with van der Waals surface area (Å²) in [4.78, 5) is 37.0.